The van der Waals surface area contributed by atoms with E-state index in [0.717, 1.165) is 17.5 Å². The van der Waals surface area contributed by atoms with Gasteiger partial charge < -0.3 is 20.9 Å². The van der Waals surface area contributed by atoms with E-state index in [1.165, 1.54) is 12.3 Å². The summed E-state index contributed by atoms with van der Waals surface area (Å²) in [5.74, 6) is 0.109. The number of H-pyrrole nitrogens is 1. The Hall–Kier alpha value is -3.86. The topological polar surface area (TPSA) is 113 Å². The van der Waals surface area contributed by atoms with E-state index in [4.69, 9.17) is 17.3 Å². The van der Waals surface area contributed by atoms with E-state index in [-0.39, 0.29) is 30.0 Å². The molecular formula is C23H19ClF3N7O. The van der Waals surface area contributed by atoms with Crippen molar-refractivity contribution < 1.29 is 18.0 Å². The molecule has 4 aromatic rings. The average Bonchev–Trinajstić information content (AvgIpc) is 3.44. The first-order chi connectivity index (χ1) is 16.6. The van der Waals surface area contributed by atoms with Gasteiger partial charge in [0.25, 0.3) is 5.91 Å². The molecular weight excluding hydrogens is 483 g/mol. The Kier molecular flexibility index (Phi) is 5.51. The van der Waals surface area contributed by atoms with E-state index in [0.29, 0.717) is 33.8 Å². The molecule has 0 saturated heterocycles. The van der Waals surface area contributed by atoms with Crippen LogP contribution in [0.1, 0.15) is 45.7 Å². The van der Waals surface area contributed by atoms with E-state index in [9.17, 15) is 18.0 Å². The van der Waals surface area contributed by atoms with Crippen LogP contribution in [0.4, 0.5) is 24.7 Å². The third kappa shape index (κ3) is 4.46. The Morgan fingerprint density at radius 1 is 1.23 bits per heavy atom. The first-order valence-corrected chi connectivity index (χ1v) is 11.0. The Morgan fingerprint density at radius 2 is 2.03 bits per heavy atom. The highest BCUT2D eigenvalue weighted by molar-refractivity contribution is 6.28. The van der Waals surface area contributed by atoms with Crippen LogP contribution in [0.5, 0.6) is 0 Å². The third-order valence-corrected chi connectivity index (χ3v) is 6.02. The van der Waals surface area contributed by atoms with Crippen LogP contribution in [-0.2, 0) is 19.3 Å². The van der Waals surface area contributed by atoms with Gasteiger partial charge in [0.2, 0.25) is 5.28 Å². The van der Waals surface area contributed by atoms with Gasteiger partial charge >= 0.3 is 6.18 Å². The molecule has 1 aliphatic heterocycles. The number of pyridine rings is 1. The van der Waals surface area contributed by atoms with Crippen LogP contribution in [0, 0.1) is 0 Å². The number of halogens is 4. The lowest BCUT2D eigenvalue weighted by Crippen LogP contribution is -2.25. The molecule has 0 saturated carbocycles. The number of hydrogen-bond acceptors (Lipinski definition) is 6. The number of carbonyl (C=O) groups excluding carboxylic acids is 1. The number of aromatic amines is 1. The van der Waals surface area contributed by atoms with Crippen LogP contribution in [-0.4, -0.2) is 30.7 Å². The summed E-state index contributed by atoms with van der Waals surface area (Å²) in [6.45, 7) is 2.10. The standard InChI is InChI=1S/C23H19ClF3N7O/c1-11(13-5-15(23(25,26)27)7-16(28)6-13)31-20-17-9-34(10-18(17)32-22(24)33-20)21(35)14-4-12-2-3-29-19(12)30-8-14/h2-8,11H,9-10,28H2,1H3,(H,29,30)(H,31,32,33)/t11-/m1/s1. The van der Waals surface area contributed by atoms with Gasteiger partial charge in [-0.15, -0.1) is 0 Å². The van der Waals surface area contributed by atoms with Crippen molar-refractivity contribution in [3.8, 4) is 0 Å². The van der Waals surface area contributed by atoms with E-state index in [1.54, 1.807) is 24.1 Å². The lowest BCUT2D eigenvalue weighted by molar-refractivity contribution is -0.137. The van der Waals surface area contributed by atoms with Crippen LogP contribution in [0.25, 0.3) is 11.0 Å². The van der Waals surface area contributed by atoms with Crippen LogP contribution in [0.15, 0.2) is 42.7 Å². The zero-order chi connectivity index (χ0) is 24.9. The summed E-state index contributed by atoms with van der Waals surface area (Å²) in [5, 5.41) is 3.89. The quantitative estimate of drug-likeness (QED) is 0.270. The summed E-state index contributed by atoms with van der Waals surface area (Å²) < 4.78 is 39.7. The molecule has 12 heteroatoms. The molecule has 0 spiro atoms. The maximum Gasteiger partial charge on any atom is 0.416 e. The van der Waals surface area contributed by atoms with E-state index in [2.05, 4.69) is 25.3 Å². The molecule has 4 heterocycles. The summed E-state index contributed by atoms with van der Waals surface area (Å²) in [7, 11) is 0. The van der Waals surface area contributed by atoms with Gasteiger partial charge in [0.05, 0.1) is 36.0 Å². The predicted molar refractivity (Wildman–Crippen MR) is 125 cm³/mol. The van der Waals surface area contributed by atoms with Crippen molar-refractivity contribution in [3.63, 3.8) is 0 Å². The molecule has 0 unspecified atom stereocenters. The highest BCUT2D eigenvalue weighted by Crippen LogP contribution is 2.35. The number of anilines is 2. The minimum Gasteiger partial charge on any atom is -0.399 e. The van der Waals surface area contributed by atoms with Gasteiger partial charge in [-0.25, -0.2) is 15.0 Å². The van der Waals surface area contributed by atoms with Crippen LogP contribution in [0.3, 0.4) is 0 Å². The van der Waals surface area contributed by atoms with Gasteiger partial charge in [-0.3, -0.25) is 4.79 Å². The fourth-order valence-electron chi connectivity index (χ4n) is 4.11. The molecule has 35 heavy (non-hydrogen) atoms. The summed E-state index contributed by atoms with van der Waals surface area (Å²) in [4.78, 5) is 30.5. The first-order valence-electron chi connectivity index (χ1n) is 10.6. The first kappa shape index (κ1) is 22.9. The molecule has 1 atom stereocenters. The number of alkyl halides is 3. The number of nitrogens with one attached hydrogen (secondary N) is 2. The molecule has 1 amide bonds. The fraction of sp³-hybridized carbons (Fsp3) is 0.217. The van der Waals surface area contributed by atoms with Crippen LogP contribution < -0.4 is 11.1 Å². The van der Waals surface area contributed by atoms with Gasteiger partial charge in [0, 0.05) is 29.0 Å². The minimum atomic E-state index is -4.53. The van der Waals surface area contributed by atoms with Crippen molar-refractivity contribution in [1.82, 2.24) is 24.8 Å². The molecule has 3 aromatic heterocycles. The van der Waals surface area contributed by atoms with E-state index in [1.807, 2.05) is 6.07 Å². The van der Waals surface area contributed by atoms with Crippen molar-refractivity contribution in [3.05, 3.63) is 76.0 Å². The number of benzene rings is 1. The fourth-order valence-corrected chi connectivity index (χ4v) is 4.29. The number of carbonyl (C=O) groups is 1. The zero-order valence-corrected chi connectivity index (χ0v) is 19.1. The molecule has 5 rings (SSSR count). The molecule has 0 aliphatic carbocycles. The highest BCUT2D eigenvalue weighted by Gasteiger charge is 2.32. The normalized spacial score (nSPS) is 14.3. The van der Waals surface area contributed by atoms with Crippen molar-refractivity contribution >= 4 is 40.0 Å². The maximum atomic E-state index is 13.2. The average molecular weight is 502 g/mol. The third-order valence-electron chi connectivity index (χ3n) is 5.85. The highest BCUT2D eigenvalue weighted by atomic mass is 35.5. The summed E-state index contributed by atoms with van der Waals surface area (Å²) in [5.41, 5.74) is 7.51. The van der Waals surface area contributed by atoms with Crippen LogP contribution in [0.2, 0.25) is 5.28 Å². The number of hydrogen-bond donors (Lipinski definition) is 3. The molecule has 0 radical (unpaired) electrons. The number of nitrogens with zero attached hydrogens (tertiary/aromatic N) is 4. The molecule has 1 aliphatic rings. The number of nitrogens with two attached hydrogens (primary N) is 1. The van der Waals surface area contributed by atoms with Gasteiger partial charge in [0.1, 0.15) is 11.5 Å². The van der Waals surface area contributed by atoms with Crippen molar-refractivity contribution in [1.29, 1.82) is 0 Å². The lowest BCUT2D eigenvalue weighted by atomic mass is 10.0. The SMILES string of the molecule is C[C@@H](Nc1nc(Cl)nc2c1CN(C(=O)c1cnc3[nH]ccc3c1)C2)c1cc(N)cc(C(F)(F)F)c1. The largest absolute Gasteiger partial charge is 0.416 e. The summed E-state index contributed by atoms with van der Waals surface area (Å²) in [6, 6.07) is 6.39. The number of nitrogen functional groups attached to an aromatic ring is 1. The second-order valence-electron chi connectivity index (χ2n) is 8.32. The summed E-state index contributed by atoms with van der Waals surface area (Å²) in [6.07, 6.45) is -1.28. The number of aromatic nitrogens is 4. The van der Waals surface area contributed by atoms with Crippen molar-refractivity contribution in [2.24, 2.45) is 0 Å². The smallest absolute Gasteiger partial charge is 0.399 e. The molecule has 1 aromatic carbocycles. The number of fused-ring (bicyclic) bond motifs is 2. The van der Waals surface area contributed by atoms with Gasteiger partial charge in [0.15, 0.2) is 0 Å². The number of rotatable bonds is 4. The van der Waals surface area contributed by atoms with Gasteiger partial charge in [-0.2, -0.15) is 13.2 Å². The molecule has 0 bridgehead atoms. The van der Waals surface area contributed by atoms with Gasteiger partial charge in [-0.05, 0) is 54.4 Å². The second-order valence-corrected chi connectivity index (χ2v) is 8.66. The Morgan fingerprint density at radius 3 is 2.80 bits per heavy atom. The molecule has 4 N–H and O–H groups in total. The second kappa shape index (κ2) is 8.42. The zero-order valence-electron chi connectivity index (χ0n) is 18.3. The Balaban J connectivity index is 1.40. The summed E-state index contributed by atoms with van der Waals surface area (Å²) >= 11 is 6.12. The van der Waals surface area contributed by atoms with Crippen LogP contribution >= 0.6 is 11.6 Å². The number of amides is 1. The van der Waals surface area contributed by atoms with Crippen molar-refractivity contribution in [2.75, 3.05) is 11.1 Å². The van der Waals surface area contributed by atoms with E-state index < -0.39 is 17.8 Å². The minimum absolute atomic E-state index is 0.000744. The monoisotopic (exact) mass is 501 g/mol. The Bertz CT molecular complexity index is 1450. The maximum absolute atomic E-state index is 13.2. The van der Waals surface area contributed by atoms with E-state index >= 15 is 0 Å². The molecule has 180 valence electrons. The van der Waals surface area contributed by atoms with Crippen molar-refractivity contribution in [2.45, 2.75) is 32.2 Å². The molecule has 0 fully saturated rings. The predicted octanol–water partition coefficient (Wildman–Crippen LogP) is 4.94. The van der Waals surface area contributed by atoms with Gasteiger partial charge in [-0.1, -0.05) is 0 Å². The Labute approximate surface area is 202 Å². The lowest BCUT2D eigenvalue weighted by Gasteiger charge is -2.19. The molecule has 8 nitrogen and oxygen atoms in total.